The molecular formula is C36H39Cl2N3O5S. The van der Waals surface area contributed by atoms with Crippen molar-refractivity contribution in [3.8, 4) is 5.75 Å². The van der Waals surface area contributed by atoms with Crippen LogP contribution in [0.1, 0.15) is 38.3 Å². The van der Waals surface area contributed by atoms with Crippen LogP contribution in [-0.2, 0) is 32.6 Å². The maximum atomic E-state index is 14.6. The van der Waals surface area contributed by atoms with E-state index in [4.69, 9.17) is 27.9 Å². The van der Waals surface area contributed by atoms with Gasteiger partial charge in [0, 0.05) is 29.1 Å². The highest BCUT2D eigenvalue weighted by Crippen LogP contribution is 2.28. The lowest BCUT2D eigenvalue weighted by molar-refractivity contribution is -0.140. The van der Waals surface area contributed by atoms with Gasteiger partial charge in [0.2, 0.25) is 11.8 Å². The second-order valence-corrected chi connectivity index (χ2v) is 13.7. The van der Waals surface area contributed by atoms with E-state index in [1.54, 1.807) is 60.7 Å². The maximum Gasteiger partial charge on any atom is 0.264 e. The number of ether oxygens (including phenoxy) is 1. The first kappa shape index (κ1) is 35.8. The number of para-hydroxylation sites is 1. The zero-order valence-corrected chi connectivity index (χ0v) is 28.9. The van der Waals surface area contributed by atoms with Crippen molar-refractivity contribution in [3.05, 3.63) is 124 Å². The monoisotopic (exact) mass is 695 g/mol. The van der Waals surface area contributed by atoms with Gasteiger partial charge in [0.05, 0.1) is 17.2 Å². The first-order valence-corrected chi connectivity index (χ1v) is 17.6. The van der Waals surface area contributed by atoms with E-state index in [-0.39, 0.29) is 29.8 Å². The minimum absolute atomic E-state index is 0.0137. The van der Waals surface area contributed by atoms with Gasteiger partial charge in [-0.1, -0.05) is 84.7 Å². The molecule has 0 spiro atoms. The summed E-state index contributed by atoms with van der Waals surface area (Å²) >= 11 is 12.8. The largest absolute Gasteiger partial charge is 0.494 e. The van der Waals surface area contributed by atoms with Gasteiger partial charge in [-0.25, -0.2) is 8.42 Å². The summed E-state index contributed by atoms with van der Waals surface area (Å²) in [4.78, 5) is 29.9. The molecule has 11 heteroatoms. The predicted octanol–water partition coefficient (Wildman–Crippen LogP) is 7.14. The molecule has 0 aromatic heterocycles. The number of hydrogen-bond acceptors (Lipinski definition) is 5. The van der Waals surface area contributed by atoms with Crippen molar-refractivity contribution in [1.82, 2.24) is 10.2 Å². The van der Waals surface area contributed by atoms with Gasteiger partial charge in [0.15, 0.2) is 0 Å². The molecule has 4 aromatic carbocycles. The van der Waals surface area contributed by atoms with E-state index in [2.05, 4.69) is 5.32 Å². The van der Waals surface area contributed by atoms with E-state index < -0.39 is 28.5 Å². The van der Waals surface area contributed by atoms with Gasteiger partial charge < -0.3 is 15.0 Å². The molecule has 8 nitrogen and oxygen atoms in total. The van der Waals surface area contributed by atoms with Gasteiger partial charge in [-0.15, -0.1) is 0 Å². The molecule has 0 aliphatic rings. The van der Waals surface area contributed by atoms with Crippen LogP contribution < -0.4 is 14.4 Å². The third-order valence-electron chi connectivity index (χ3n) is 7.67. The number of hydrogen-bond donors (Lipinski definition) is 1. The molecule has 2 amide bonds. The Balaban J connectivity index is 1.80. The normalized spacial score (nSPS) is 12.5. The van der Waals surface area contributed by atoms with Crippen molar-refractivity contribution >= 4 is 50.7 Å². The number of halogens is 2. The van der Waals surface area contributed by atoms with Crippen LogP contribution in [0.5, 0.6) is 5.75 Å². The highest BCUT2D eigenvalue weighted by molar-refractivity contribution is 7.92. The van der Waals surface area contributed by atoms with Crippen molar-refractivity contribution in [2.45, 2.75) is 57.1 Å². The van der Waals surface area contributed by atoms with Crippen molar-refractivity contribution in [2.24, 2.45) is 0 Å². The molecule has 0 fully saturated rings. The van der Waals surface area contributed by atoms with Crippen molar-refractivity contribution in [3.63, 3.8) is 0 Å². The molecule has 0 saturated carbocycles. The van der Waals surface area contributed by atoms with Gasteiger partial charge in [0.25, 0.3) is 10.0 Å². The van der Waals surface area contributed by atoms with Crippen LogP contribution in [0.3, 0.4) is 0 Å². The van der Waals surface area contributed by atoms with Crippen LogP contribution in [0.4, 0.5) is 5.69 Å². The van der Waals surface area contributed by atoms with Gasteiger partial charge in [0.1, 0.15) is 18.3 Å². The zero-order chi connectivity index (χ0) is 34.0. The standard InChI is InChI=1S/C36H39Cl2N3O5S/c1-4-26(3)39-36(43)34(22-27-12-8-6-9-13-27)40(24-28-16-17-29(37)23-33(28)38)35(42)25-41(30-14-10-7-11-15-30)47(44,45)32-20-18-31(19-21-32)46-5-2/h6-21,23,26,34H,4-5,22,24-25H2,1-3H3,(H,39,43)/t26-,34+/m0/s1. The Labute approximate surface area is 287 Å². The first-order valence-electron chi connectivity index (χ1n) is 15.4. The predicted molar refractivity (Wildman–Crippen MR) is 187 cm³/mol. The molecule has 248 valence electrons. The molecule has 0 bridgehead atoms. The maximum absolute atomic E-state index is 14.6. The summed E-state index contributed by atoms with van der Waals surface area (Å²) in [6, 6.07) is 27.6. The minimum Gasteiger partial charge on any atom is -0.494 e. The van der Waals surface area contributed by atoms with Crippen molar-refractivity contribution < 1.29 is 22.7 Å². The zero-order valence-electron chi connectivity index (χ0n) is 26.6. The summed E-state index contributed by atoms with van der Waals surface area (Å²) in [5.74, 6) is -0.423. The van der Waals surface area contributed by atoms with Crippen LogP contribution in [0, 0.1) is 0 Å². The Bertz CT molecular complexity index is 1740. The fraction of sp³-hybridized carbons (Fsp3) is 0.278. The number of nitrogens with one attached hydrogen (secondary N) is 1. The van der Waals surface area contributed by atoms with Crippen molar-refractivity contribution in [1.29, 1.82) is 0 Å². The summed E-state index contributed by atoms with van der Waals surface area (Å²) in [5.41, 5.74) is 1.68. The van der Waals surface area contributed by atoms with Gasteiger partial charge >= 0.3 is 0 Å². The number of amides is 2. The summed E-state index contributed by atoms with van der Waals surface area (Å²) < 4.78 is 34.9. The number of carbonyl (C=O) groups is 2. The van der Waals surface area contributed by atoms with E-state index in [0.717, 1.165) is 9.87 Å². The van der Waals surface area contributed by atoms with E-state index in [9.17, 15) is 18.0 Å². The summed E-state index contributed by atoms with van der Waals surface area (Å²) in [6.45, 7) is 5.47. The van der Waals surface area contributed by atoms with E-state index >= 15 is 0 Å². The average Bonchev–Trinajstić information content (AvgIpc) is 3.07. The molecule has 0 aliphatic carbocycles. The van der Waals surface area contributed by atoms with Crippen molar-refractivity contribution in [2.75, 3.05) is 17.5 Å². The van der Waals surface area contributed by atoms with E-state index in [1.807, 2.05) is 51.1 Å². The quantitative estimate of drug-likeness (QED) is 0.143. The Hall–Kier alpha value is -4.05. The number of nitrogens with zero attached hydrogens (tertiary/aromatic N) is 2. The number of benzene rings is 4. The highest BCUT2D eigenvalue weighted by atomic mass is 35.5. The summed E-state index contributed by atoms with van der Waals surface area (Å²) in [7, 11) is -4.24. The summed E-state index contributed by atoms with van der Waals surface area (Å²) in [6.07, 6.45) is 0.875. The Morgan fingerprint density at radius 3 is 2.11 bits per heavy atom. The second kappa shape index (κ2) is 16.7. The number of rotatable bonds is 15. The Morgan fingerprint density at radius 1 is 0.872 bits per heavy atom. The molecule has 0 saturated heterocycles. The van der Waals surface area contributed by atoms with Crippen LogP contribution in [0.2, 0.25) is 10.0 Å². The smallest absolute Gasteiger partial charge is 0.264 e. The third kappa shape index (κ3) is 9.50. The lowest BCUT2D eigenvalue weighted by atomic mass is 10.0. The van der Waals surface area contributed by atoms with Crippen LogP contribution in [0.15, 0.2) is 108 Å². The molecule has 0 radical (unpaired) electrons. The topological polar surface area (TPSA) is 96.0 Å². The fourth-order valence-electron chi connectivity index (χ4n) is 4.95. The van der Waals surface area contributed by atoms with Gasteiger partial charge in [-0.05, 0) is 79.9 Å². The number of sulfonamides is 1. The Kier molecular flexibility index (Phi) is 12.7. The molecule has 0 aliphatic heterocycles. The van der Waals surface area contributed by atoms with E-state index in [0.29, 0.717) is 40.1 Å². The number of anilines is 1. The lowest BCUT2D eigenvalue weighted by Crippen LogP contribution is -2.54. The molecule has 47 heavy (non-hydrogen) atoms. The molecular weight excluding hydrogens is 657 g/mol. The van der Waals surface area contributed by atoms with E-state index in [1.165, 1.54) is 17.0 Å². The molecule has 2 atom stereocenters. The SMILES string of the molecule is CCOc1ccc(S(=O)(=O)N(CC(=O)N(Cc2ccc(Cl)cc2Cl)[C@H](Cc2ccccc2)C(=O)N[C@@H](C)CC)c2ccccc2)cc1. The highest BCUT2D eigenvalue weighted by Gasteiger charge is 2.35. The number of carbonyl (C=O) groups excluding carboxylic acids is 2. The van der Waals surface area contributed by atoms with Gasteiger partial charge in [-0.3, -0.25) is 13.9 Å². The molecule has 4 aromatic rings. The fourth-order valence-corrected chi connectivity index (χ4v) is 6.84. The lowest BCUT2D eigenvalue weighted by Gasteiger charge is -2.34. The molecule has 0 unspecified atom stereocenters. The van der Waals surface area contributed by atoms with Gasteiger partial charge in [-0.2, -0.15) is 0 Å². The first-order chi connectivity index (χ1) is 22.5. The molecule has 1 N–H and O–H groups in total. The molecule has 4 rings (SSSR count). The summed E-state index contributed by atoms with van der Waals surface area (Å²) in [5, 5.41) is 3.76. The minimum atomic E-state index is -4.24. The Morgan fingerprint density at radius 2 is 1.51 bits per heavy atom. The second-order valence-electron chi connectivity index (χ2n) is 11.0. The average molecular weight is 697 g/mol. The van der Waals surface area contributed by atoms with Crippen LogP contribution in [-0.4, -0.2) is 50.4 Å². The third-order valence-corrected chi connectivity index (χ3v) is 10.0. The van der Waals surface area contributed by atoms with Crippen LogP contribution >= 0.6 is 23.2 Å². The van der Waals surface area contributed by atoms with Crippen LogP contribution in [0.25, 0.3) is 0 Å². The molecule has 0 heterocycles.